The van der Waals surface area contributed by atoms with Crippen LogP contribution in [0.15, 0.2) is 151 Å². The third-order valence-electron chi connectivity index (χ3n) is 10.8. The predicted octanol–water partition coefficient (Wildman–Crippen LogP) is 14.4. The van der Waals surface area contributed by atoms with E-state index in [9.17, 15) is 46.1 Å². The van der Waals surface area contributed by atoms with Crippen LogP contribution in [0.4, 0.5) is 37.7 Å². The number of benzene rings is 2. The number of nitrogens with zero attached hydrogens (tertiary/aromatic N) is 5. The predicted molar refractivity (Wildman–Crippen MR) is 268 cm³/mol. The van der Waals surface area contributed by atoms with Gasteiger partial charge in [0.1, 0.15) is 11.8 Å². The quantitative estimate of drug-likeness (QED) is 0.0294. The Bertz CT molecular complexity index is 2980. The molecule has 2 atom stereocenters. The van der Waals surface area contributed by atoms with Gasteiger partial charge in [0.25, 0.3) is 0 Å². The van der Waals surface area contributed by atoms with Crippen molar-refractivity contribution in [2.45, 2.75) is 63.5 Å². The zero-order chi connectivity index (χ0) is 52.2. The number of aromatic nitrogens is 3. The summed E-state index contributed by atoms with van der Waals surface area (Å²) in [6.07, 6.45) is 2.52. The Labute approximate surface area is 433 Å². The summed E-state index contributed by atoms with van der Waals surface area (Å²) < 4.78 is 77.0. The number of nitrogens with one attached hydrogen (secondary N) is 3. The SMILES string of the molecule is CCCCCCc1ccsc1-c1cc(/C([NH-])=C/C(=N)C(F)(F)F)nc(/C([NH-])=C/C(N)C(F)(F)F)c1.O=C(O)c1ccnc(-c2cc(C(=O)O)cc(C3C=C(N(c4ccccc4)c4ccccc4)C=C[N-]3)n2)c1.[Ru+2]. The molecule has 0 fully saturated rings. The molecular weight excluding hydrogens is 1060 g/mol. The molecule has 2 unspecified atom stereocenters. The molecule has 21 heteroatoms. The van der Waals surface area contributed by atoms with E-state index >= 15 is 0 Å². The Balaban J connectivity index is 0.000000268. The zero-order valence-electron chi connectivity index (χ0n) is 38.6. The second-order valence-electron chi connectivity index (χ2n) is 16.0. The van der Waals surface area contributed by atoms with Gasteiger partial charge in [0.05, 0.1) is 22.5 Å². The number of aryl methyl sites for hydroxylation is 1. The largest absolute Gasteiger partial charge is 2.00 e. The first kappa shape index (κ1) is 56.4. The maximum absolute atomic E-state index is 12.9. The van der Waals surface area contributed by atoms with Gasteiger partial charge in [0.15, 0.2) is 0 Å². The molecule has 0 radical (unpaired) electrons. The molecule has 0 spiro atoms. The van der Waals surface area contributed by atoms with E-state index in [4.69, 9.17) is 22.6 Å². The van der Waals surface area contributed by atoms with Crippen molar-refractivity contribution in [3.63, 3.8) is 0 Å². The number of unbranched alkanes of at least 4 members (excludes halogenated alkanes) is 3. The molecule has 1 aliphatic heterocycles. The standard InChI is InChI=1S/C29H21N4O4.C23H25F6N5S.Ru/c34-28(35)19-11-13-30-24(15-19)26-16-20(29(36)37)17-27(32-26)25-18-23(12-14-31-25)33(21-7-3-1-4-8-21)22-9-5-2-6-10-22;1-2-3-4-5-6-13-7-8-35-21(13)14-9-17(15(30)11-19(32)22(24,25)26)34-18(10-14)16(31)12-20(33)23(27,28)29;/h1-18,25H,(H,34,35)(H,36,37);7-12,19,30-31,33H,2-6,32H2,1H3;/q-1;-2;+2/b;15-11-,16-12-,33-20?;. The summed E-state index contributed by atoms with van der Waals surface area (Å²) in [4.78, 5) is 38.9. The van der Waals surface area contributed by atoms with Gasteiger partial charge in [-0.25, -0.2) is 9.59 Å². The van der Waals surface area contributed by atoms with E-state index in [-0.39, 0.29) is 59.5 Å². The number of rotatable bonds is 17. The third-order valence-corrected chi connectivity index (χ3v) is 11.8. The van der Waals surface area contributed by atoms with Crippen LogP contribution in [0.5, 0.6) is 0 Å². The van der Waals surface area contributed by atoms with Crippen LogP contribution in [0.1, 0.15) is 82.0 Å². The number of para-hydroxylation sites is 2. The number of hydrogen-bond acceptors (Lipinski definition) is 9. The summed E-state index contributed by atoms with van der Waals surface area (Å²) in [6.45, 7) is 2.08. The first-order chi connectivity index (χ1) is 34.2. The molecule has 13 nitrogen and oxygen atoms in total. The summed E-state index contributed by atoms with van der Waals surface area (Å²) in [5.41, 5.74) is 22.4. The second kappa shape index (κ2) is 25.3. The number of carbonyl (C=O) groups is 2. The number of carboxylic acid groups (broad SMARTS) is 2. The molecule has 0 saturated heterocycles. The molecule has 0 amide bonds. The van der Waals surface area contributed by atoms with Crippen LogP contribution in [-0.2, 0) is 25.9 Å². The van der Waals surface area contributed by atoms with Gasteiger partial charge in [-0.2, -0.15) is 32.5 Å². The Kier molecular flexibility index (Phi) is 19.5. The zero-order valence-corrected chi connectivity index (χ0v) is 41.2. The molecule has 7 N–H and O–H groups in total. The molecule has 0 saturated carbocycles. The number of carboxylic acids is 2. The molecule has 7 rings (SSSR count). The topological polar surface area (TPSA) is 228 Å². The number of halogens is 6. The molecule has 380 valence electrons. The minimum Gasteiger partial charge on any atom is -0.697 e. The summed E-state index contributed by atoms with van der Waals surface area (Å²) in [5, 5.41) is 32.6. The van der Waals surface area contributed by atoms with Crippen molar-refractivity contribution in [2.24, 2.45) is 5.73 Å². The van der Waals surface area contributed by atoms with Gasteiger partial charge in [0, 0.05) is 45.2 Å². The van der Waals surface area contributed by atoms with Crippen molar-refractivity contribution in [1.82, 2.24) is 15.0 Å². The maximum Gasteiger partial charge on any atom is 2.00 e. The van der Waals surface area contributed by atoms with E-state index in [1.54, 1.807) is 6.20 Å². The molecule has 1 aliphatic rings. The smallest absolute Gasteiger partial charge is 0.697 e. The third kappa shape index (κ3) is 15.3. The maximum atomic E-state index is 12.9. The molecule has 5 heterocycles. The van der Waals surface area contributed by atoms with Crippen molar-refractivity contribution in [3.05, 3.63) is 201 Å². The van der Waals surface area contributed by atoms with Crippen LogP contribution < -0.4 is 10.6 Å². The average molecular weight is 1110 g/mol. The van der Waals surface area contributed by atoms with Crippen LogP contribution in [0, 0.1) is 5.41 Å². The fourth-order valence-electron chi connectivity index (χ4n) is 7.17. The Morgan fingerprint density at radius 1 is 0.836 bits per heavy atom. The van der Waals surface area contributed by atoms with Crippen LogP contribution in [0.2, 0.25) is 0 Å². The Morgan fingerprint density at radius 2 is 1.45 bits per heavy atom. The summed E-state index contributed by atoms with van der Waals surface area (Å²) in [5.74, 6) is -2.25. The number of alkyl halides is 6. The number of aromatic carboxylic acids is 2. The van der Waals surface area contributed by atoms with Gasteiger partial charge >= 0.3 is 43.8 Å². The van der Waals surface area contributed by atoms with Gasteiger partial charge < -0.3 is 37.6 Å². The van der Waals surface area contributed by atoms with E-state index in [1.165, 1.54) is 53.9 Å². The van der Waals surface area contributed by atoms with Crippen molar-refractivity contribution in [3.8, 4) is 21.8 Å². The van der Waals surface area contributed by atoms with Gasteiger partial charge in [-0.15, -0.1) is 22.7 Å². The van der Waals surface area contributed by atoms with Crippen molar-refractivity contribution < 1.29 is 65.6 Å². The fourth-order valence-corrected chi connectivity index (χ4v) is 8.12. The van der Waals surface area contributed by atoms with Crippen molar-refractivity contribution >= 4 is 51.8 Å². The van der Waals surface area contributed by atoms with Crippen molar-refractivity contribution in [1.29, 1.82) is 5.41 Å². The molecule has 4 aromatic heterocycles. The summed E-state index contributed by atoms with van der Waals surface area (Å²) >= 11 is 1.33. The molecular formula is C52H46F6N9O4RuS-. The molecule has 0 aliphatic carbocycles. The number of allylic oxidation sites excluding steroid dienone is 2. The summed E-state index contributed by atoms with van der Waals surface area (Å²) in [6, 6.07) is 26.9. The van der Waals surface area contributed by atoms with Gasteiger partial charge in [0.2, 0.25) is 0 Å². The average Bonchev–Trinajstić information content (AvgIpc) is 3.84. The number of anilines is 2. The molecule has 2 aromatic carbocycles. The van der Waals surface area contributed by atoms with E-state index in [0.717, 1.165) is 59.6 Å². The Hall–Kier alpha value is -7.48. The van der Waals surface area contributed by atoms with Crippen LogP contribution in [0.25, 0.3) is 50.0 Å². The number of nitrogens with two attached hydrogens (primary N) is 1. The van der Waals surface area contributed by atoms with Gasteiger partial charge in [-0.05, 0) is 102 Å². The fraction of sp³-hybridized carbons (Fsp3) is 0.192. The summed E-state index contributed by atoms with van der Waals surface area (Å²) in [7, 11) is 0. The van der Waals surface area contributed by atoms with Crippen molar-refractivity contribution in [2.75, 3.05) is 4.90 Å². The minimum absolute atomic E-state index is 0. The molecule has 0 bridgehead atoms. The first-order valence-electron chi connectivity index (χ1n) is 22.1. The first-order valence-corrected chi connectivity index (χ1v) is 23.0. The number of hydrogen-bond donors (Lipinski definition) is 4. The van der Waals surface area contributed by atoms with E-state index in [2.05, 4.69) is 32.1 Å². The van der Waals surface area contributed by atoms with Crippen LogP contribution in [0.3, 0.4) is 0 Å². The van der Waals surface area contributed by atoms with Gasteiger partial charge in [-0.1, -0.05) is 86.9 Å². The van der Waals surface area contributed by atoms with E-state index < -0.39 is 53.5 Å². The van der Waals surface area contributed by atoms with E-state index in [0.29, 0.717) is 17.3 Å². The van der Waals surface area contributed by atoms with Crippen LogP contribution >= 0.6 is 11.3 Å². The molecule has 6 aromatic rings. The second-order valence-corrected chi connectivity index (χ2v) is 17.0. The normalized spacial score (nSPS) is 14.1. The van der Waals surface area contributed by atoms with Crippen LogP contribution in [-0.4, -0.2) is 61.2 Å². The number of thiophene rings is 1. The van der Waals surface area contributed by atoms with E-state index in [1.807, 2.05) is 84.3 Å². The molecule has 73 heavy (non-hydrogen) atoms. The van der Waals surface area contributed by atoms with Gasteiger partial charge in [-0.3, -0.25) is 20.4 Å². The minimum atomic E-state index is -4.98. The Morgan fingerprint density at radius 3 is 2.04 bits per heavy atom. The number of pyridine rings is 3. The monoisotopic (exact) mass is 1110 g/mol.